The zero-order valence-electron chi connectivity index (χ0n) is 12.4. The zero-order valence-corrected chi connectivity index (χ0v) is 13.2. The number of para-hydroxylation sites is 1. The first kappa shape index (κ1) is 15.8. The van der Waals surface area contributed by atoms with E-state index in [2.05, 4.69) is 10.4 Å². The first-order chi connectivity index (χ1) is 11.5. The van der Waals surface area contributed by atoms with Gasteiger partial charge in [-0.1, -0.05) is 29.8 Å². The Morgan fingerprint density at radius 2 is 1.83 bits per heavy atom. The van der Waals surface area contributed by atoms with E-state index in [4.69, 9.17) is 17.3 Å². The van der Waals surface area contributed by atoms with Gasteiger partial charge in [-0.3, -0.25) is 9.59 Å². The van der Waals surface area contributed by atoms with Gasteiger partial charge in [-0.15, -0.1) is 0 Å². The monoisotopic (exact) mass is 340 g/mol. The minimum atomic E-state index is -0.656. The Bertz CT molecular complexity index is 906. The van der Waals surface area contributed by atoms with Crippen molar-refractivity contribution in [3.05, 3.63) is 77.1 Å². The lowest BCUT2D eigenvalue weighted by molar-refractivity contribution is 0.100. The topological polar surface area (TPSA) is 90.0 Å². The van der Waals surface area contributed by atoms with Crippen molar-refractivity contribution in [2.75, 3.05) is 5.32 Å². The molecule has 1 aromatic heterocycles. The van der Waals surface area contributed by atoms with Crippen molar-refractivity contribution in [3.63, 3.8) is 0 Å². The van der Waals surface area contributed by atoms with Gasteiger partial charge in [-0.2, -0.15) is 5.10 Å². The molecule has 1 heterocycles. The minimum Gasteiger partial charge on any atom is -0.366 e. The van der Waals surface area contributed by atoms with Crippen LogP contribution in [0.1, 0.15) is 20.8 Å². The normalized spacial score (nSPS) is 10.4. The number of hydrogen-bond acceptors (Lipinski definition) is 3. The number of nitrogens with zero attached hydrogens (tertiary/aromatic N) is 2. The molecule has 3 N–H and O–H groups in total. The second-order valence-electron chi connectivity index (χ2n) is 4.99. The summed E-state index contributed by atoms with van der Waals surface area (Å²) in [7, 11) is 0. The summed E-state index contributed by atoms with van der Waals surface area (Å²) in [5.74, 6) is -1.12. The highest BCUT2D eigenvalue weighted by Crippen LogP contribution is 2.21. The van der Waals surface area contributed by atoms with Gasteiger partial charge in [0.15, 0.2) is 5.69 Å². The largest absolute Gasteiger partial charge is 0.366 e. The van der Waals surface area contributed by atoms with Crippen molar-refractivity contribution in [3.8, 4) is 5.69 Å². The van der Waals surface area contributed by atoms with Crippen molar-refractivity contribution in [2.24, 2.45) is 5.73 Å². The van der Waals surface area contributed by atoms with Crippen molar-refractivity contribution in [1.29, 1.82) is 0 Å². The van der Waals surface area contributed by atoms with Gasteiger partial charge in [0.2, 0.25) is 0 Å². The standard InChI is InChI=1S/C17H13ClN4O2/c18-11-6-7-13(16(19)23)15(10-11)20-17(24)14-8-9-22(21-14)12-4-2-1-3-5-12/h1-10H,(H2,19,23)(H,20,24). The third-order valence-corrected chi connectivity index (χ3v) is 3.57. The van der Waals surface area contributed by atoms with Crippen molar-refractivity contribution < 1.29 is 9.59 Å². The summed E-state index contributed by atoms with van der Waals surface area (Å²) in [5.41, 5.74) is 6.76. The van der Waals surface area contributed by atoms with Gasteiger partial charge in [0, 0.05) is 11.2 Å². The SMILES string of the molecule is NC(=O)c1ccc(Cl)cc1NC(=O)c1ccn(-c2ccccc2)n1. The van der Waals surface area contributed by atoms with Crippen molar-refractivity contribution in [2.45, 2.75) is 0 Å². The van der Waals surface area contributed by atoms with Crippen LogP contribution >= 0.6 is 11.6 Å². The van der Waals surface area contributed by atoms with E-state index < -0.39 is 11.8 Å². The van der Waals surface area contributed by atoms with E-state index in [9.17, 15) is 9.59 Å². The summed E-state index contributed by atoms with van der Waals surface area (Å²) in [6.45, 7) is 0. The van der Waals surface area contributed by atoms with Gasteiger partial charge in [-0.05, 0) is 36.4 Å². The Morgan fingerprint density at radius 1 is 1.08 bits per heavy atom. The number of benzene rings is 2. The maximum Gasteiger partial charge on any atom is 0.276 e. The van der Waals surface area contributed by atoms with Gasteiger partial charge in [0.1, 0.15) is 0 Å². The van der Waals surface area contributed by atoms with E-state index in [1.54, 1.807) is 16.9 Å². The van der Waals surface area contributed by atoms with Gasteiger partial charge in [-0.25, -0.2) is 4.68 Å². The molecule has 24 heavy (non-hydrogen) atoms. The molecule has 0 spiro atoms. The van der Waals surface area contributed by atoms with Gasteiger partial charge < -0.3 is 11.1 Å². The quantitative estimate of drug-likeness (QED) is 0.765. The highest BCUT2D eigenvalue weighted by atomic mass is 35.5. The summed E-state index contributed by atoms with van der Waals surface area (Å²) in [5, 5.41) is 7.22. The molecule has 3 aromatic rings. The molecule has 0 atom stereocenters. The predicted molar refractivity (Wildman–Crippen MR) is 91.5 cm³/mol. The lowest BCUT2D eigenvalue weighted by Crippen LogP contribution is -2.18. The van der Waals surface area contributed by atoms with E-state index in [-0.39, 0.29) is 16.9 Å². The molecule has 7 heteroatoms. The molecule has 6 nitrogen and oxygen atoms in total. The predicted octanol–water partition coefficient (Wildman–Crippen LogP) is 2.88. The van der Waals surface area contributed by atoms with E-state index in [0.717, 1.165) is 5.69 Å². The summed E-state index contributed by atoms with van der Waals surface area (Å²) >= 11 is 5.91. The third-order valence-electron chi connectivity index (χ3n) is 3.34. The number of primary amides is 1. The minimum absolute atomic E-state index is 0.176. The number of aromatic nitrogens is 2. The Morgan fingerprint density at radius 3 is 2.54 bits per heavy atom. The van der Waals surface area contributed by atoms with Crippen molar-refractivity contribution in [1.82, 2.24) is 9.78 Å². The molecular formula is C17H13ClN4O2. The van der Waals surface area contributed by atoms with Crippen LogP contribution in [0, 0.1) is 0 Å². The van der Waals surface area contributed by atoms with Gasteiger partial charge in [0.25, 0.3) is 11.8 Å². The molecule has 120 valence electrons. The Hall–Kier alpha value is -3.12. The molecule has 2 amide bonds. The number of carbonyl (C=O) groups excluding carboxylic acids is 2. The summed E-state index contributed by atoms with van der Waals surface area (Å²) in [6, 6.07) is 15.4. The number of amides is 2. The zero-order chi connectivity index (χ0) is 17.1. The second kappa shape index (κ2) is 6.55. The Kier molecular flexibility index (Phi) is 4.31. The average Bonchev–Trinajstić information content (AvgIpc) is 3.05. The number of nitrogens with two attached hydrogens (primary N) is 1. The fraction of sp³-hybridized carbons (Fsp3) is 0. The fourth-order valence-electron chi connectivity index (χ4n) is 2.19. The van der Waals surface area contributed by atoms with E-state index >= 15 is 0 Å². The molecule has 2 aromatic carbocycles. The number of hydrogen-bond donors (Lipinski definition) is 2. The van der Waals surface area contributed by atoms with Crippen LogP contribution in [-0.2, 0) is 0 Å². The van der Waals surface area contributed by atoms with Crippen LogP contribution in [0.15, 0.2) is 60.8 Å². The van der Waals surface area contributed by atoms with Gasteiger partial charge in [0.05, 0.1) is 16.9 Å². The van der Waals surface area contributed by atoms with Crippen LogP contribution in [0.3, 0.4) is 0 Å². The third kappa shape index (κ3) is 3.28. The average molecular weight is 341 g/mol. The summed E-state index contributed by atoms with van der Waals surface area (Å²) < 4.78 is 1.59. The van der Waals surface area contributed by atoms with Crippen LogP contribution < -0.4 is 11.1 Å². The molecular weight excluding hydrogens is 328 g/mol. The van der Waals surface area contributed by atoms with E-state index in [0.29, 0.717) is 5.02 Å². The number of rotatable bonds is 4. The molecule has 0 aliphatic heterocycles. The summed E-state index contributed by atoms with van der Waals surface area (Å²) in [4.78, 5) is 23.8. The fourth-order valence-corrected chi connectivity index (χ4v) is 2.36. The lowest BCUT2D eigenvalue weighted by atomic mass is 10.1. The van der Waals surface area contributed by atoms with Gasteiger partial charge >= 0.3 is 0 Å². The Balaban J connectivity index is 1.85. The maximum atomic E-state index is 12.4. The van der Waals surface area contributed by atoms with Crippen LogP contribution in [0.5, 0.6) is 0 Å². The highest BCUT2D eigenvalue weighted by Gasteiger charge is 2.15. The van der Waals surface area contributed by atoms with Crippen molar-refractivity contribution >= 4 is 29.1 Å². The molecule has 0 aliphatic carbocycles. The first-order valence-electron chi connectivity index (χ1n) is 7.06. The lowest BCUT2D eigenvalue weighted by Gasteiger charge is -2.08. The van der Waals surface area contributed by atoms with Crippen LogP contribution in [-0.4, -0.2) is 21.6 Å². The number of anilines is 1. The molecule has 0 aliphatic rings. The smallest absolute Gasteiger partial charge is 0.276 e. The molecule has 0 bridgehead atoms. The molecule has 0 fully saturated rings. The van der Waals surface area contributed by atoms with Crippen LogP contribution in [0.25, 0.3) is 5.69 Å². The molecule has 0 unspecified atom stereocenters. The van der Waals surface area contributed by atoms with E-state index in [1.165, 1.54) is 18.2 Å². The van der Waals surface area contributed by atoms with Crippen LogP contribution in [0.2, 0.25) is 5.02 Å². The highest BCUT2D eigenvalue weighted by molar-refractivity contribution is 6.31. The van der Waals surface area contributed by atoms with E-state index in [1.807, 2.05) is 30.3 Å². The first-order valence-corrected chi connectivity index (χ1v) is 7.44. The number of nitrogens with one attached hydrogen (secondary N) is 1. The second-order valence-corrected chi connectivity index (χ2v) is 5.43. The number of halogens is 1. The van der Waals surface area contributed by atoms with Crippen LogP contribution in [0.4, 0.5) is 5.69 Å². The molecule has 0 saturated carbocycles. The molecule has 3 rings (SSSR count). The maximum absolute atomic E-state index is 12.4. The molecule has 0 saturated heterocycles. The number of carbonyl (C=O) groups is 2. The molecule has 0 radical (unpaired) electrons. The Labute approximate surface area is 142 Å². The summed E-state index contributed by atoms with van der Waals surface area (Å²) in [6.07, 6.45) is 1.68.